The minimum Gasteiger partial charge on any atom is -0.360 e. The van der Waals surface area contributed by atoms with Gasteiger partial charge in [0.1, 0.15) is 11.8 Å². The summed E-state index contributed by atoms with van der Waals surface area (Å²) in [4.78, 5) is 41.4. The molecule has 0 amide bonds. The fourth-order valence-corrected chi connectivity index (χ4v) is 4.17. The number of fused-ring (bicyclic) bond motifs is 1. The smallest absolute Gasteiger partial charge is 0.295 e. The molecule has 0 unspecified atom stereocenters. The zero-order chi connectivity index (χ0) is 23.8. The summed E-state index contributed by atoms with van der Waals surface area (Å²) in [5, 5.41) is 8.67. The molecule has 0 bridgehead atoms. The van der Waals surface area contributed by atoms with Crippen molar-refractivity contribution in [2.45, 2.75) is 57.0 Å². The second-order valence-electron chi connectivity index (χ2n) is 8.58. The first-order chi connectivity index (χ1) is 16.5. The Kier molecular flexibility index (Phi) is 5.96. The van der Waals surface area contributed by atoms with E-state index in [1.54, 1.807) is 23.3 Å². The van der Waals surface area contributed by atoms with Gasteiger partial charge in [0.25, 0.3) is 5.56 Å². The number of hydrogen-bond acceptors (Lipinski definition) is 10. The number of pyridine rings is 1. The van der Waals surface area contributed by atoms with Gasteiger partial charge in [-0.3, -0.25) is 19.5 Å². The molecule has 4 aromatic rings. The Hall–Kier alpha value is -3.44. The molecule has 1 aliphatic carbocycles. The Balaban J connectivity index is 1.56. The van der Waals surface area contributed by atoms with Crippen molar-refractivity contribution in [3.63, 3.8) is 0 Å². The van der Waals surface area contributed by atoms with Crippen LogP contribution in [0.5, 0.6) is 0 Å². The van der Waals surface area contributed by atoms with Crippen molar-refractivity contribution in [1.29, 1.82) is 0 Å². The van der Waals surface area contributed by atoms with Crippen molar-refractivity contribution in [3.05, 3.63) is 58.3 Å². The second kappa shape index (κ2) is 9.07. The molecule has 0 aromatic carbocycles. The Morgan fingerprint density at radius 3 is 2.65 bits per heavy atom. The van der Waals surface area contributed by atoms with Crippen molar-refractivity contribution in [1.82, 2.24) is 34.5 Å². The SMILES string of the molecule is Cc1ncnc(C2CC2)c1-c1ncc2nc(NCc3ccc(SN)cn3)c(=O)n(C(C)C)c2n1. The molecule has 11 heteroatoms. The molecule has 5 rings (SSSR count). The average molecular weight is 476 g/mol. The molecule has 0 spiro atoms. The maximum atomic E-state index is 13.4. The van der Waals surface area contributed by atoms with E-state index in [-0.39, 0.29) is 17.4 Å². The molecule has 0 saturated heterocycles. The molecule has 1 aliphatic rings. The Labute approximate surface area is 200 Å². The average Bonchev–Trinajstić information content (AvgIpc) is 3.68. The van der Waals surface area contributed by atoms with Crippen molar-refractivity contribution in [3.8, 4) is 11.4 Å². The number of nitrogens with zero attached hydrogens (tertiary/aromatic N) is 7. The lowest BCUT2D eigenvalue weighted by Gasteiger charge is -2.16. The van der Waals surface area contributed by atoms with Gasteiger partial charge in [-0.05, 0) is 57.7 Å². The highest BCUT2D eigenvalue weighted by molar-refractivity contribution is 7.97. The van der Waals surface area contributed by atoms with Crippen LogP contribution in [0.15, 0.2) is 40.5 Å². The Morgan fingerprint density at radius 1 is 1.15 bits per heavy atom. The zero-order valence-corrected chi connectivity index (χ0v) is 20.0. The maximum Gasteiger partial charge on any atom is 0.295 e. The number of aromatic nitrogens is 7. The number of aryl methyl sites for hydroxylation is 1. The molecule has 1 fully saturated rings. The van der Waals surface area contributed by atoms with Gasteiger partial charge in [-0.2, -0.15) is 0 Å². The Bertz CT molecular complexity index is 1410. The van der Waals surface area contributed by atoms with Crippen molar-refractivity contribution in [2.24, 2.45) is 5.14 Å². The largest absolute Gasteiger partial charge is 0.360 e. The highest BCUT2D eigenvalue weighted by atomic mass is 32.2. The summed E-state index contributed by atoms with van der Waals surface area (Å²) in [5.74, 6) is 1.17. The molecule has 3 N–H and O–H groups in total. The van der Waals surface area contributed by atoms with Crippen LogP contribution in [0.25, 0.3) is 22.6 Å². The van der Waals surface area contributed by atoms with E-state index in [9.17, 15) is 4.79 Å². The van der Waals surface area contributed by atoms with E-state index in [0.717, 1.165) is 52.3 Å². The quantitative estimate of drug-likeness (QED) is 0.383. The van der Waals surface area contributed by atoms with Gasteiger partial charge in [0.15, 0.2) is 17.3 Å². The van der Waals surface area contributed by atoms with Crippen LogP contribution < -0.4 is 16.0 Å². The summed E-state index contributed by atoms with van der Waals surface area (Å²) in [7, 11) is 0. The Morgan fingerprint density at radius 2 is 1.97 bits per heavy atom. The minimum atomic E-state index is -0.246. The summed E-state index contributed by atoms with van der Waals surface area (Å²) >= 11 is 1.14. The summed E-state index contributed by atoms with van der Waals surface area (Å²) in [6, 6.07) is 3.62. The van der Waals surface area contributed by atoms with Crippen LogP contribution in [-0.4, -0.2) is 34.5 Å². The third-order valence-electron chi connectivity index (χ3n) is 5.77. The van der Waals surface area contributed by atoms with Crippen LogP contribution in [0.3, 0.4) is 0 Å². The van der Waals surface area contributed by atoms with Gasteiger partial charge in [-0.25, -0.2) is 24.9 Å². The lowest BCUT2D eigenvalue weighted by atomic mass is 10.1. The highest BCUT2D eigenvalue weighted by Crippen LogP contribution is 2.43. The van der Waals surface area contributed by atoms with Gasteiger partial charge >= 0.3 is 0 Å². The summed E-state index contributed by atoms with van der Waals surface area (Å²) < 4.78 is 1.65. The first kappa shape index (κ1) is 22.4. The van der Waals surface area contributed by atoms with Gasteiger partial charge in [0.2, 0.25) is 0 Å². The van der Waals surface area contributed by atoms with E-state index in [4.69, 9.17) is 10.1 Å². The summed E-state index contributed by atoms with van der Waals surface area (Å²) in [6.07, 6.45) is 7.16. The van der Waals surface area contributed by atoms with Gasteiger partial charge in [0, 0.05) is 23.1 Å². The lowest BCUT2D eigenvalue weighted by Crippen LogP contribution is -2.27. The van der Waals surface area contributed by atoms with Crippen LogP contribution in [0.1, 0.15) is 55.7 Å². The lowest BCUT2D eigenvalue weighted by molar-refractivity contribution is 0.593. The number of nitrogens with one attached hydrogen (secondary N) is 1. The minimum absolute atomic E-state index is 0.128. The summed E-state index contributed by atoms with van der Waals surface area (Å²) in [5.41, 5.74) is 4.20. The van der Waals surface area contributed by atoms with Gasteiger partial charge in [-0.15, -0.1) is 0 Å². The fourth-order valence-electron chi connectivity index (χ4n) is 3.91. The van der Waals surface area contributed by atoms with E-state index < -0.39 is 0 Å². The van der Waals surface area contributed by atoms with E-state index in [1.807, 2.05) is 32.9 Å². The molecule has 0 aliphatic heterocycles. The maximum absolute atomic E-state index is 13.4. The second-order valence-corrected chi connectivity index (χ2v) is 9.29. The van der Waals surface area contributed by atoms with E-state index in [2.05, 4.69) is 30.2 Å². The molecule has 1 saturated carbocycles. The van der Waals surface area contributed by atoms with Crippen LogP contribution in [-0.2, 0) is 6.54 Å². The van der Waals surface area contributed by atoms with Crippen molar-refractivity contribution < 1.29 is 0 Å². The monoisotopic (exact) mass is 475 g/mol. The van der Waals surface area contributed by atoms with Crippen LogP contribution in [0, 0.1) is 6.92 Å². The standard InChI is InChI=1S/C23H25N9OS/c1-12(2)32-22-17(30-21(23(32)33)26-8-15-6-7-16(34-24)9-25-15)10-27-20(31-22)18-13(3)28-11-29-19(18)14-4-5-14/h6-7,9-12,14H,4-5,8,24H2,1-3H3,(H,26,30). The van der Waals surface area contributed by atoms with Gasteiger partial charge in [0.05, 0.1) is 35.4 Å². The predicted molar refractivity (Wildman–Crippen MR) is 131 cm³/mol. The fraction of sp³-hybridized carbons (Fsp3) is 0.348. The van der Waals surface area contributed by atoms with Crippen LogP contribution >= 0.6 is 11.9 Å². The molecule has 34 heavy (non-hydrogen) atoms. The molecule has 4 heterocycles. The third kappa shape index (κ3) is 4.24. The van der Waals surface area contributed by atoms with Gasteiger partial charge < -0.3 is 5.32 Å². The normalized spacial score (nSPS) is 13.6. The first-order valence-corrected chi connectivity index (χ1v) is 12.0. The molecular formula is C23H25N9OS. The van der Waals surface area contributed by atoms with E-state index in [0.29, 0.717) is 29.5 Å². The molecule has 10 nitrogen and oxygen atoms in total. The third-order valence-corrected chi connectivity index (χ3v) is 6.29. The molecule has 0 radical (unpaired) electrons. The topological polar surface area (TPSA) is 137 Å². The first-order valence-electron chi connectivity index (χ1n) is 11.1. The van der Waals surface area contributed by atoms with Crippen LogP contribution in [0.2, 0.25) is 0 Å². The van der Waals surface area contributed by atoms with Crippen molar-refractivity contribution >= 4 is 28.9 Å². The van der Waals surface area contributed by atoms with Crippen molar-refractivity contribution in [2.75, 3.05) is 5.32 Å². The van der Waals surface area contributed by atoms with Crippen LogP contribution in [0.4, 0.5) is 5.82 Å². The predicted octanol–water partition coefficient (Wildman–Crippen LogP) is 3.38. The molecule has 174 valence electrons. The number of hydrogen-bond donors (Lipinski definition) is 2. The van der Waals surface area contributed by atoms with Gasteiger partial charge in [-0.1, -0.05) is 0 Å². The number of anilines is 1. The summed E-state index contributed by atoms with van der Waals surface area (Å²) in [6.45, 7) is 6.18. The molecular weight excluding hydrogens is 450 g/mol. The van der Waals surface area contributed by atoms with E-state index >= 15 is 0 Å². The zero-order valence-electron chi connectivity index (χ0n) is 19.2. The molecule has 4 aromatic heterocycles. The molecule has 0 atom stereocenters. The number of rotatable bonds is 7. The number of nitrogens with two attached hydrogens (primary N) is 1. The van der Waals surface area contributed by atoms with E-state index in [1.165, 1.54) is 0 Å². The highest BCUT2D eigenvalue weighted by Gasteiger charge is 2.30.